The largest absolute Gasteiger partial charge is 0.383 e. The van der Waals surface area contributed by atoms with Gasteiger partial charge < -0.3 is 15.0 Å². The van der Waals surface area contributed by atoms with E-state index >= 15 is 0 Å². The molecule has 1 aromatic carbocycles. The van der Waals surface area contributed by atoms with Gasteiger partial charge in [-0.3, -0.25) is 0 Å². The monoisotopic (exact) mass is 294 g/mol. The zero-order valence-corrected chi connectivity index (χ0v) is 13.4. The lowest BCUT2D eigenvalue weighted by Crippen LogP contribution is -2.35. The average molecular weight is 294 g/mol. The van der Waals surface area contributed by atoms with Crippen LogP contribution >= 0.6 is 0 Å². The molecule has 1 heterocycles. The maximum absolute atomic E-state index is 14.3. The van der Waals surface area contributed by atoms with Crippen molar-refractivity contribution >= 4 is 5.69 Å². The van der Waals surface area contributed by atoms with Crippen LogP contribution in [0.25, 0.3) is 0 Å². The van der Waals surface area contributed by atoms with E-state index in [1.807, 2.05) is 6.07 Å². The summed E-state index contributed by atoms with van der Waals surface area (Å²) in [4.78, 5) is 2.41. The summed E-state index contributed by atoms with van der Waals surface area (Å²) < 4.78 is 19.3. The van der Waals surface area contributed by atoms with Gasteiger partial charge in [0, 0.05) is 43.5 Å². The SMILES string of the molecule is CCC1CCC(C)N1c1cccc(F)c1CNCCOC. The van der Waals surface area contributed by atoms with Crippen molar-refractivity contribution in [3.8, 4) is 0 Å². The summed E-state index contributed by atoms with van der Waals surface area (Å²) in [5, 5.41) is 3.26. The highest BCUT2D eigenvalue weighted by molar-refractivity contribution is 5.56. The lowest BCUT2D eigenvalue weighted by molar-refractivity contribution is 0.199. The second-order valence-corrected chi connectivity index (χ2v) is 5.80. The highest BCUT2D eigenvalue weighted by Gasteiger charge is 2.31. The third-order valence-electron chi connectivity index (χ3n) is 4.41. The van der Waals surface area contributed by atoms with Gasteiger partial charge in [0.15, 0.2) is 0 Å². The molecule has 2 unspecified atom stereocenters. The molecule has 1 aliphatic rings. The van der Waals surface area contributed by atoms with Gasteiger partial charge in [0.2, 0.25) is 0 Å². The van der Waals surface area contributed by atoms with Crippen molar-refractivity contribution in [3.63, 3.8) is 0 Å². The Morgan fingerprint density at radius 1 is 1.38 bits per heavy atom. The van der Waals surface area contributed by atoms with Gasteiger partial charge in [-0.25, -0.2) is 4.39 Å². The average Bonchev–Trinajstić information content (AvgIpc) is 2.85. The second-order valence-electron chi connectivity index (χ2n) is 5.80. The molecule has 1 saturated heterocycles. The number of benzene rings is 1. The van der Waals surface area contributed by atoms with E-state index in [1.54, 1.807) is 13.2 Å². The number of halogens is 1. The van der Waals surface area contributed by atoms with Crippen LogP contribution in [0.5, 0.6) is 0 Å². The number of nitrogens with one attached hydrogen (secondary N) is 1. The summed E-state index contributed by atoms with van der Waals surface area (Å²) in [6.07, 6.45) is 3.49. The van der Waals surface area contributed by atoms with Crippen LogP contribution in [-0.2, 0) is 11.3 Å². The van der Waals surface area contributed by atoms with Gasteiger partial charge in [-0.2, -0.15) is 0 Å². The van der Waals surface area contributed by atoms with Gasteiger partial charge in [-0.05, 0) is 38.3 Å². The Hall–Kier alpha value is -1.13. The summed E-state index contributed by atoms with van der Waals surface area (Å²) in [7, 11) is 1.67. The molecule has 0 aromatic heterocycles. The quantitative estimate of drug-likeness (QED) is 0.781. The minimum atomic E-state index is -0.119. The minimum Gasteiger partial charge on any atom is -0.383 e. The van der Waals surface area contributed by atoms with Gasteiger partial charge in [0.1, 0.15) is 5.82 Å². The number of anilines is 1. The zero-order chi connectivity index (χ0) is 15.2. The van der Waals surface area contributed by atoms with Crippen LogP contribution in [0.3, 0.4) is 0 Å². The van der Waals surface area contributed by atoms with Crippen LogP contribution in [0.15, 0.2) is 18.2 Å². The van der Waals surface area contributed by atoms with Gasteiger partial charge in [-0.15, -0.1) is 0 Å². The van der Waals surface area contributed by atoms with E-state index in [4.69, 9.17) is 4.74 Å². The third-order valence-corrected chi connectivity index (χ3v) is 4.41. The fourth-order valence-electron chi connectivity index (χ4n) is 3.26. The molecule has 1 aromatic rings. The van der Waals surface area contributed by atoms with Crippen molar-refractivity contribution in [1.29, 1.82) is 0 Å². The van der Waals surface area contributed by atoms with Gasteiger partial charge in [0.05, 0.1) is 6.61 Å². The number of methoxy groups -OCH3 is 1. The standard InChI is InChI=1S/C17H27FN2O/c1-4-14-9-8-13(2)20(14)17-7-5-6-16(18)15(17)12-19-10-11-21-3/h5-7,13-14,19H,4,8-12H2,1-3H3. The molecule has 2 rings (SSSR count). The first-order chi connectivity index (χ1) is 10.2. The Labute approximate surface area is 127 Å². The molecule has 1 aliphatic heterocycles. The van der Waals surface area contributed by atoms with Crippen LogP contribution < -0.4 is 10.2 Å². The van der Waals surface area contributed by atoms with Crippen molar-refractivity contribution in [2.24, 2.45) is 0 Å². The summed E-state index contributed by atoms with van der Waals surface area (Å²) in [6.45, 7) is 6.37. The van der Waals surface area contributed by atoms with E-state index in [9.17, 15) is 4.39 Å². The normalized spacial score (nSPS) is 22.0. The van der Waals surface area contributed by atoms with Gasteiger partial charge >= 0.3 is 0 Å². The molecule has 0 saturated carbocycles. The second kappa shape index (κ2) is 7.76. The zero-order valence-electron chi connectivity index (χ0n) is 13.4. The Balaban J connectivity index is 2.20. The summed E-state index contributed by atoms with van der Waals surface area (Å²) in [5.41, 5.74) is 1.83. The molecule has 0 aliphatic carbocycles. The molecule has 0 radical (unpaired) electrons. The molecule has 0 spiro atoms. The van der Waals surface area contributed by atoms with E-state index in [0.717, 1.165) is 24.2 Å². The lowest BCUT2D eigenvalue weighted by Gasteiger charge is -2.32. The third kappa shape index (κ3) is 3.74. The Bertz CT molecular complexity index is 452. The van der Waals surface area contributed by atoms with Crippen molar-refractivity contribution in [2.75, 3.05) is 25.2 Å². The maximum atomic E-state index is 14.3. The van der Waals surface area contributed by atoms with Crippen molar-refractivity contribution in [2.45, 2.75) is 51.7 Å². The molecule has 4 heteroatoms. The summed E-state index contributed by atoms with van der Waals surface area (Å²) >= 11 is 0. The van der Waals surface area contributed by atoms with E-state index < -0.39 is 0 Å². The van der Waals surface area contributed by atoms with Gasteiger partial charge in [-0.1, -0.05) is 13.0 Å². The lowest BCUT2D eigenvalue weighted by atomic mass is 10.1. The predicted octanol–water partition coefficient (Wildman–Crippen LogP) is 3.33. The van der Waals surface area contributed by atoms with Crippen LogP contribution in [0.4, 0.5) is 10.1 Å². The first-order valence-electron chi connectivity index (χ1n) is 7.94. The molecule has 118 valence electrons. The van der Waals surface area contributed by atoms with E-state index in [1.165, 1.54) is 12.8 Å². The molecule has 0 bridgehead atoms. The summed E-state index contributed by atoms with van der Waals surface area (Å²) in [6, 6.07) is 6.44. The van der Waals surface area contributed by atoms with Crippen molar-refractivity contribution in [3.05, 3.63) is 29.6 Å². The Kier molecular flexibility index (Phi) is 6.00. The number of hydrogen-bond acceptors (Lipinski definition) is 3. The number of ether oxygens (including phenoxy) is 1. The highest BCUT2D eigenvalue weighted by Crippen LogP contribution is 2.35. The molecular weight excluding hydrogens is 267 g/mol. The van der Waals surface area contributed by atoms with Crippen LogP contribution in [-0.4, -0.2) is 32.3 Å². The molecular formula is C17H27FN2O. The van der Waals surface area contributed by atoms with Gasteiger partial charge in [0.25, 0.3) is 0 Å². The predicted molar refractivity (Wildman–Crippen MR) is 85.2 cm³/mol. The van der Waals surface area contributed by atoms with Crippen LogP contribution in [0.2, 0.25) is 0 Å². The maximum Gasteiger partial charge on any atom is 0.129 e. The molecule has 0 amide bonds. The number of rotatable bonds is 7. The molecule has 1 fully saturated rings. The fraction of sp³-hybridized carbons (Fsp3) is 0.647. The van der Waals surface area contributed by atoms with Crippen molar-refractivity contribution < 1.29 is 9.13 Å². The van der Waals surface area contributed by atoms with Crippen LogP contribution in [0.1, 0.15) is 38.7 Å². The number of hydrogen-bond donors (Lipinski definition) is 1. The molecule has 3 nitrogen and oxygen atoms in total. The van der Waals surface area contributed by atoms with E-state index in [0.29, 0.717) is 25.2 Å². The fourth-order valence-corrected chi connectivity index (χ4v) is 3.26. The Morgan fingerprint density at radius 3 is 2.90 bits per heavy atom. The highest BCUT2D eigenvalue weighted by atomic mass is 19.1. The molecule has 1 N–H and O–H groups in total. The first-order valence-corrected chi connectivity index (χ1v) is 7.94. The van der Waals surface area contributed by atoms with Crippen molar-refractivity contribution in [1.82, 2.24) is 5.32 Å². The molecule has 2 atom stereocenters. The van der Waals surface area contributed by atoms with E-state index in [2.05, 4.69) is 30.1 Å². The summed E-state index contributed by atoms with van der Waals surface area (Å²) in [5.74, 6) is -0.119. The topological polar surface area (TPSA) is 24.5 Å². The first kappa shape index (κ1) is 16.2. The van der Waals surface area contributed by atoms with E-state index in [-0.39, 0.29) is 5.82 Å². The minimum absolute atomic E-state index is 0.119. The molecule has 21 heavy (non-hydrogen) atoms. The van der Waals surface area contributed by atoms with Crippen LogP contribution in [0, 0.1) is 5.82 Å². The smallest absolute Gasteiger partial charge is 0.129 e. The Morgan fingerprint density at radius 2 is 2.19 bits per heavy atom. The number of nitrogens with zero attached hydrogens (tertiary/aromatic N) is 1.